The topological polar surface area (TPSA) is 61.4 Å². The number of fused-ring (bicyclic) bond motifs is 2. The van der Waals surface area contributed by atoms with E-state index in [1.54, 1.807) is 6.33 Å². The highest BCUT2D eigenvalue weighted by molar-refractivity contribution is 7.20. The molecule has 3 aromatic rings. The first-order valence-electron chi connectivity index (χ1n) is 10.7. The van der Waals surface area contributed by atoms with Crippen molar-refractivity contribution < 1.29 is 4.79 Å². The summed E-state index contributed by atoms with van der Waals surface area (Å²) in [6, 6.07) is 8.59. The van der Waals surface area contributed by atoms with Gasteiger partial charge >= 0.3 is 0 Å². The van der Waals surface area contributed by atoms with Gasteiger partial charge in [-0.15, -0.1) is 11.3 Å². The van der Waals surface area contributed by atoms with Crippen molar-refractivity contribution >= 4 is 33.3 Å². The van der Waals surface area contributed by atoms with Gasteiger partial charge in [0.05, 0.1) is 10.3 Å². The number of amides is 1. The third kappa shape index (κ3) is 4.04. The maximum Gasteiger partial charge on any atom is 0.261 e. The molecule has 0 radical (unpaired) electrons. The van der Waals surface area contributed by atoms with Crippen LogP contribution in [0.3, 0.4) is 0 Å². The van der Waals surface area contributed by atoms with Crippen molar-refractivity contribution in [2.75, 3.05) is 37.6 Å². The molecule has 0 fully saturated rings. The Kier molecular flexibility index (Phi) is 6.29. The summed E-state index contributed by atoms with van der Waals surface area (Å²) in [5.41, 5.74) is 3.73. The van der Waals surface area contributed by atoms with Crippen LogP contribution in [0.25, 0.3) is 10.2 Å². The monoisotopic (exact) mass is 423 g/mol. The van der Waals surface area contributed by atoms with Gasteiger partial charge in [0.2, 0.25) is 0 Å². The zero-order valence-corrected chi connectivity index (χ0v) is 18.8. The molecule has 3 heterocycles. The number of rotatable bonds is 7. The van der Waals surface area contributed by atoms with Crippen molar-refractivity contribution in [3.8, 4) is 0 Å². The van der Waals surface area contributed by atoms with Crippen LogP contribution in [0.15, 0.2) is 30.6 Å². The highest BCUT2D eigenvalue weighted by Crippen LogP contribution is 2.36. The molecule has 1 aromatic carbocycles. The van der Waals surface area contributed by atoms with E-state index in [0.29, 0.717) is 6.54 Å². The first-order valence-corrected chi connectivity index (χ1v) is 11.5. The molecule has 1 aliphatic rings. The van der Waals surface area contributed by atoms with Crippen molar-refractivity contribution in [2.24, 2.45) is 0 Å². The molecule has 7 heteroatoms. The number of hydrogen-bond acceptors (Lipinski definition) is 6. The fourth-order valence-corrected chi connectivity index (χ4v) is 5.19. The van der Waals surface area contributed by atoms with Crippen LogP contribution in [0.1, 0.15) is 40.2 Å². The average Bonchev–Trinajstić information content (AvgIpc) is 3.13. The van der Waals surface area contributed by atoms with Crippen molar-refractivity contribution in [1.82, 2.24) is 20.2 Å². The van der Waals surface area contributed by atoms with Crippen molar-refractivity contribution in [3.05, 3.63) is 52.2 Å². The first-order chi connectivity index (χ1) is 14.6. The van der Waals surface area contributed by atoms with Crippen LogP contribution in [0.5, 0.6) is 0 Å². The van der Waals surface area contributed by atoms with E-state index in [2.05, 4.69) is 63.2 Å². The molecular formula is C23H29N5OS. The number of nitrogens with zero attached hydrogens (tertiary/aromatic N) is 4. The highest BCUT2D eigenvalue weighted by atomic mass is 32.1. The number of carbonyl (C=O) groups is 1. The molecule has 1 amide bonds. The Morgan fingerprint density at radius 1 is 1.20 bits per heavy atom. The fraction of sp³-hybridized carbons (Fsp3) is 0.435. The molecule has 30 heavy (non-hydrogen) atoms. The summed E-state index contributed by atoms with van der Waals surface area (Å²) in [5.74, 6) is 0.919. The zero-order chi connectivity index (χ0) is 21.1. The number of anilines is 1. The van der Waals surface area contributed by atoms with Crippen molar-refractivity contribution in [3.63, 3.8) is 0 Å². The summed E-state index contributed by atoms with van der Waals surface area (Å²) in [5, 5.41) is 4.09. The third-order valence-corrected chi connectivity index (χ3v) is 7.15. The quantitative estimate of drug-likeness (QED) is 0.629. The van der Waals surface area contributed by atoms with Crippen LogP contribution in [0.2, 0.25) is 0 Å². The standard InChI is InChI=1S/C23H29N5OS/c1-4-27(5-2)13-11-24-22(29)20-16(3)19-21(25-15-26-23(19)30-20)28-12-10-17-8-6-7-9-18(17)14-28/h6-9,15H,4-5,10-14H2,1-3H3,(H,24,29). The molecule has 0 atom stereocenters. The van der Waals surface area contributed by atoms with Gasteiger partial charge in [0, 0.05) is 26.2 Å². The minimum atomic E-state index is -0.0161. The molecule has 6 nitrogen and oxygen atoms in total. The molecule has 0 unspecified atom stereocenters. The average molecular weight is 424 g/mol. The van der Waals surface area contributed by atoms with Gasteiger partial charge in [0.1, 0.15) is 17.0 Å². The van der Waals surface area contributed by atoms with Crippen LogP contribution in [-0.4, -0.2) is 53.5 Å². The minimum absolute atomic E-state index is 0.0161. The van der Waals surface area contributed by atoms with Gasteiger partial charge in [0.15, 0.2) is 0 Å². The lowest BCUT2D eigenvalue weighted by Crippen LogP contribution is -2.34. The van der Waals surface area contributed by atoms with Crippen molar-refractivity contribution in [1.29, 1.82) is 0 Å². The lowest BCUT2D eigenvalue weighted by molar-refractivity contribution is 0.0952. The molecule has 0 saturated heterocycles. The van der Waals surface area contributed by atoms with Crippen molar-refractivity contribution in [2.45, 2.75) is 33.7 Å². The van der Waals surface area contributed by atoms with E-state index in [9.17, 15) is 4.79 Å². The summed E-state index contributed by atoms with van der Waals surface area (Å²) < 4.78 is 0. The Morgan fingerprint density at radius 3 is 2.73 bits per heavy atom. The number of nitrogens with one attached hydrogen (secondary N) is 1. The van der Waals surface area contributed by atoms with Crippen LogP contribution in [0, 0.1) is 6.92 Å². The minimum Gasteiger partial charge on any atom is -0.351 e. The summed E-state index contributed by atoms with van der Waals surface area (Å²) in [4.78, 5) is 28.2. The number of aromatic nitrogens is 2. The number of thiophene rings is 1. The van der Waals surface area contributed by atoms with E-state index in [-0.39, 0.29) is 5.91 Å². The van der Waals surface area contributed by atoms with E-state index in [0.717, 1.165) is 65.6 Å². The second kappa shape index (κ2) is 9.10. The largest absolute Gasteiger partial charge is 0.351 e. The van der Waals surface area contributed by atoms with E-state index >= 15 is 0 Å². The second-order valence-electron chi connectivity index (χ2n) is 7.66. The smallest absolute Gasteiger partial charge is 0.261 e. The lowest BCUT2D eigenvalue weighted by Gasteiger charge is -2.30. The molecular weight excluding hydrogens is 394 g/mol. The number of carbonyl (C=O) groups excluding carboxylic acids is 1. The molecule has 0 saturated carbocycles. The van der Waals surface area contributed by atoms with Crippen LogP contribution in [-0.2, 0) is 13.0 Å². The Balaban J connectivity index is 1.57. The summed E-state index contributed by atoms with van der Waals surface area (Å²) in [6.07, 6.45) is 2.62. The van der Waals surface area contributed by atoms with Gasteiger partial charge in [-0.25, -0.2) is 9.97 Å². The van der Waals surface area contributed by atoms with E-state index in [1.165, 1.54) is 22.5 Å². The molecule has 1 aliphatic heterocycles. The number of likely N-dealkylation sites (N-methyl/N-ethyl adjacent to an activating group) is 1. The first kappa shape index (κ1) is 20.8. The molecule has 4 rings (SSSR count). The second-order valence-corrected chi connectivity index (χ2v) is 8.66. The predicted molar refractivity (Wildman–Crippen MR) is 123 cm³/mol. The number of benzene rings is 1. The lowest BCUT2D eigenvalue weighted by atomic mass is 9.99. The molecule has 0 aliphatic carbocycles. The molecule has 0 spiro atoms. The molecule has 1 N–H and O–H groups in total. The maximum absolute atomic E-state index is 12.9. The van der Waals surface area contributed by atoms with E-state index < -0.39 is 0 Å². The summed E-state index contributed by atoms with van der Waals surface area (Å²) >= 11 is 1.46. The number of hydrogen-bond donors (Lipinski definition) is 1. The summed E-state index contributed by atoms with van der Waals surface area (Å²) in [7, 11) is 0. The normalized spacial score (nSPS) is 13.7. The van der Waals surface area contributed by atoms with Gasteiger partial charge < -0.3 is 15.1 Å². The Hall–Kier alpha value is -2.51. The van der Waals surface area contributed by atoms with E-state index in [4.69, 9.17) is 0 Å². The molecule has 158 valence electrons. The SMILES string of the molecule is CCN(CC)CCNC(=O)c1sc2ncnc(N3CCc4ccccc4C3)c2c1C. The Morgan fingerprint density at radius 2 is 1.97 bits per heavy atom. The van der Waals surface area contributed by atoms with Crippen LogP contribution < -0.4 is 10.2 Å². The van der Waals surface area contributed by atoms with Crippen LogP contribution in [0.4, 0.5) is 5.82 Å². The number of aryl methyl sites for hydroxylation is 1. The van der Waals surface area contributed by atoms with Gasteiger partial charge in [-0.3, -0.25) is 4.79 Å². The molecule has 0 bridgehead atoms. The molecule has 2 aromatic heterocycles. The van der Waals surface area contributed by atoms with E-state index in [1.807, 2.05) is 6.92 Å². The summed E-state index contributed by atoms with van der Waals surface area (Å²) in [6.45, 7) is 11.5. The van der Waals surface area contributed by atoms with Gasteiger partial charge in [-0.05, 0) is 43.1 Å². The highest BCUT2D eigenvalue weighted by Gasteiger charge is 2.24. The van der Waals surface area contributed by atoms with Gasteiger partial charge in [-0.1, -0.05) is 38.1 Å². The zero-order valence-electron chi connectivity index (χ0n) is 17.9. The van der Waals surface area contributed by atoms with Gasteiger partial charge in [-0.2, -0.15) is 0 Å². The fourth-order valence-electron chi connectivity index (χ4n) is 4.13. The van der Waals surface area contributed by atoms with Gasteiger partial charge in [0.25, 0.3) is 5.91 Å². The maximum atomic E-state index is 12.9. The predicted octanol–water partition coefficient (Wildman–Crippen LogP) is 3.63. The Bertz CT molecular complexity index is 1040. The third-order valence-electron chi connectivity index (χ3n) is 5.95. The van der Waals surface area contributed by atoms with Crippen LogP contribution >= 0.6 is 11.3 Å². The Labute approximate surface area is 181 Å².